The number of ether oxygens (including phenoxy) is 3. The Labute approximate surface area is 303 Å². The quantitative estimate of drug-likeness (QED) is 0.101. The van der Waals surface area contributed by atoms with Crippen molar-refractivity contribution in [1.82, 2.24) is 0 Å². The fourth-order valence-corrected chi connectivity index (χ4v) is 7.22. The van der Waals surface area contributed by atoms with Crippen molar-refractivity contribution in [3.05, 3.63) is 100 Å². The molecule has 0 aromatic heterocycles. The minimum atomic E-state index is -1.81. The number of aliphatic hydroxyl groups is 3. The van der Waals surface area contributed by atoms with Gasteiger partial charge in [0.1, 0.15) is 34.9 Å². The third kappa shape index (κ3) is 5.90. The van der Waals surface area contributed by atoms with Crippen molar-refractivity contribution < 1.29 is 85.4 Å². The number of carbonyl (C=O) groups is 1. The van der Waals surface area contributed by atoms with Crippen LogP contribution in [0.1, 0.15) is 51.6 Å². The van der Waals surface area contributed by atoms with E-state index < -0.39 is 123 Å². The molecule has 3 aliphatic rings. The maximum atomic E-state index is 13.9. The van der Waals surface area contributed by atoms with E-state index in [-0.39, 0.29) is 34.4 Å². The number of benzene rings is 4. The summed E-state index contributed by atoms with van der Waals surface area (Å²) < 4.78 is 18.5. The third-order valence-corrected chi connectivity index (χ3v) is 9.70. The van der Waals surface area contributed by atoms with Crippen molar-refractivity contribution in [1.29, 1.82) is 0 Å². The minimum Gasteiger partial charge on any atom is -0.512 e. The molecule has 0 spiro atoms. The number of aromatic hydroxyl groups is 10. The highest BCUT2D eigenvalue weighted by Gasteiger charge is 2.53. The van der Waals surface area contributed by atoms with Crippen LogP contribution in [-0.2, 0) is 9.47 Å². The molecule has 13 N–H and O–H groups in total. The maximum Gasteiger partial charge on any atom is 0.338 e. The lowest BCUT2D eigenvalue weighted by molar-refractivity contribution is -0.139. The zero-order chi connectivity index (χ0) is 38.9. The molecule has 54 heavy (non-hydrogen) atoms. The molecule has 1 fully saturated rings. The summed E-state index contributed by atoms with van der Waals surface area (Å²) in [6, 6.07) is 9.08. The Kier molecular flexibility index (Phi) is 8.54. The summed E-state index contributed by atoms with van der Waals surface area (Å²) in [5, 5.41) is 137. The zero-order valence-corrected chi connectivity index (χ0v) is 27.5. The van der Waals surface area contributed by atoms with Gasteiger partial charge in [-0.05, 0) is 48.4 Å². The normalized spacial score (nSPS) is 24.8. The lowest BCUT2D eigenvalue weighted by Gasteiger charge is -2.47. The molecule has 0 radical (unpaired) electrons. The second-order valence-electron chi connectivity index (χ2n) is 13.1. The monoisotopic (exact) mass is 748 g/mol. The van der Waals surface area contributed by atoms with Crippen molar-refractivity contribution in [2.24, 2.45) is 5.92 Å². The lowest BCUT2D eigenvalue weighted by atomic mass is 9.70. The predicted octanol–water partition coefficient (Wildman–Crippen LogP) is 3.96. The lowest BCUT2D eigenvalue weighted by Crippen LogP contribution is -2.48. The van der Waals surface area contributed by atoms with Crippen molar-refractivity contribution in [3.63, 3.8) is 0 Å². The molecule has 17 heteroatoms. The molecule has 7 rings (SSSR count). The van der Waals surface area contributed by atoms with Gasteiger partial charge in [-0.1, -0.05) is 6.07 Å². The van der Waals surface area contributed by atoms with Crippen LogP contribution in [0.4, 0.5) is 0 Å². The minimum absolute atomic E-state index is 0.168. The van der Waals surface area contributed by atoms with Gasteiger partial charge in [-0.15, -0.1) is 0 Å². The van der Waals surface area contributed by atoms with E-state index in [9.17, 15) is 71.2 Å². The molecule has 0 bridgehead atoms. The Bertz CT molecular complexity index is 2220. The average Bonchev–Trinajstić information content (AvgIpc) is 3.10. The molecule has 2 heterocycles. The van der Waals surface area contributed by atoms with Crippen LogP contribution < -0.4 is 4.74 Å². The van der Waals surface area contributed by atoms with E-state index in [2.05, 4.69) is 0 Å². The molecule has 0 saturated carbocycles. The first-order valence-corrected chi connectivity index (χ1v) is 16.2. The summed E-state index contributed by atoms with van der Waals surface area (Å²) in [6.45, 7) is 0. The molecule has 1 aliphatic carbocycles. The standard InChI is InChI=1S/C37H32O17/c38-15-8-20(42)28-27(9-15)52-34(13-4-22(44)31(49)23(45)5-13)36(54-37(51)14-6-24(46)32(50)25(47)7-14)30(28)29-21(43)11-18(40)16-10-26(48)33(53-35(16)29)12-1-2-17(39)19(41)3-12/h1-9,11,16,26,30,33-36,38-50H,10H2/t16?,26-,30+,33+,34+,35?,36+/m0/s1. The van der Waals surface area contributed by atoms with Crippen LogP contribution in [0.5, 0.6) is 63.2 Å². The van der Waals surface area contributed by atoms with E-state index in [0.29, 0.717) is 0 Å². The molecule has 4 aromatic carbocycles. The highest BCUT2D eigenvalue weighted by molar-refractivity contribution is 5.91. The highest BCUT2D eigenvalue weighted by Crippen LogP contribution is 2.57. The van der Waals surface area contributed by atoms with Gasteiger partial charge in [0.15, 0.2) is 58.2 Å². The molecule has 4 aromatic rings. The Balaban J connectivity index is 1.44. The van der Waals surface area contributed by atoms with Crippen LogP contribution in [0.2, 0.25) is 0 Å². The Morgan fingerprint density at radius 3 is 1.89 bits per heavy atom. The molecule has 2 unspecified atom stereocenters. The van der Waals surface area contributed by atoms with Crippen LogP contribution >= 0.6 is 0 Å². The number of fused-ring (bicyclic) bond motifs is 2. The van der Waals surface area contributed by atoms with Gasteiger partial charge in [0.05, 0.1) is 23.7 Å². The highest BCUT2D eigenvalue weighted by atomic mass is 16.6. The van der Waals surface area contributed by atoms with E-state index in [1.165, 1.54) is 6.07 Å². The third-order valence-electron chi connectivity index (χ3n) is 9.70. The number of allylic oxidation sites excluding steroid dienone is 1. The number of hydrogen-bond acceptors (Lipinski definition) is 17. The molecular weight excluding hydrogens is 716 g/mol. The number of aliphatic hydroxyl groups excluding tert-OH is 3. The summed E-state index contributed by atoms with van der Waals surface area (Å²) in [6.07, 6.45) is -6.75. The molecular formula is C37H32O17. The Morgan fingerprint density at radius 1 is 0.648 bits per heavy atom. The van der Waals surface area contributed by atoms with E-state index in [1.54, 1.807) is 0 Å². The van der Waals surface area contributed by atoms with Gasteiger partial charge in [-0.3, -0.25) is 0 Å². The van der Waals surface area contributed by atoms with E-state index in [1.807, 2.05) is 0 Å². The summed E-state index contributed by atoms with van der Waals surface area (Å²) in [5.41, 5.74) is -0.909. The van der Waals surface area contributed by atoms with Crippen molar-refractivity contribution in [2.45, 2.75) is 42.9 Å². The van der Waals surface area contributed by atoms with Crippen LogP contribution in [0.25, 0.3) is 0 Å². The number of carbonyl (C=O) groups excluding carboxylic acids is 1. The molecule has 282 valence electrons. The first-order valence-electron chi connectivity index (χ1n) is 16.2. The van der Waals surface area contributed by atoms with E-state index in [4.69, 9.17) is 14.2 Å². The SMILES string of the molecule is O=C(O[C@H]1[C@@H](c2cc(O)c(O)c(O)c2)Oc2cc(O)cc(O)c2[C@@H]1C1=C(O)C=C(O)C2C[C@H](O)[C@@H](c3ccc(O)c(O)c3)OC12)c1cc(O)c(O)c(O)c1. The van der Waals surface area contributed by atoms with Crippen LogP contribution in [-0.4, -0.2) is 90.7 Å². The smallest absolute Gasteiger partial charge is 0.338 e. The average molecular weight is 749 g/mol. The largest absolute Gasteiger partial charge is 0.512 e. The predicted molar refractivity (Wildman–Crippen MR) is 180 cm³/mol. The van der Waals surface area contributed by atoms with Gasteiger partial charge < -0.3 is 80.6 Å². The first kappa shape index (κ1) is 35.5. The van der Waals surface area contributed by atoms with Gasteiger partial charge in [0, 0.05) is 40.8 Å². The van der Waals surface area contributed by atoms with E-state index >= 15 is 0 Å². The summed E-state index contributed by atoms with van der Waals surface area (Å²) in [4.78, 5) is 13.9. The van der Waals surface area contributed by atoms with Crippen molar-refractivity contribution >= 4 is 5.97 Å². The Hall–Kier alpha value is -6.85. The zero-order valence-electron chi connectivity index (χ0n) is 27.5. The molecule has 0 amide bonds. The number of phenolic OH excluding ortho intramolecular Hbond substituents is 10. The topological polar surface area (TPSA) is 308 Å². The fraction of sp³-hybridized carbons (Fsp3) is 0.216. The van der Waals surface area contributed by atoms with Gasteiger partial charge >= 0.3 is 5.97 Å². The van der Waals surface area contributed by atoms with Crippen molar-refractivity contribution in [2.75, 3.05) is 0 Å². The first-order chi connectivity index (χ1) is 25.5. The van der Waals surface area contributed by atoms with Crippen LogP contribution in [0.3, 0.4) is 0 Å². The van der Waals surface area contributed by atoms with Gasteiger partial charge in [0.2, 0.25) is 0 Å². The molecule has 7 atom stereocenters. The van der Waals surface area contributed by atoms with Gasteiger partial charge in [0.25, 0.3) is 0 Å². The van der Waals surface area contributed by atoms with Crippen LogP contribution in [0.15, 0.2) is 77.8 Å². The molecule has 1 saturated heterocycles. The number of rotatable bonds is 5. The second kappa shape index (κ2) is 13.0. The number of phenols is 10. The fourth-order valence-electron chi connectivity index (χ4n) is 7.22. The number of esters is 1. The summed E-state index contributed by atoms with van der Waals surface area (Å²) in [5.74, 6) is -12.9. The summed E-state index contributed by atoms with van der Waals surface area (Å²) in [7, 11) is 0. The molecule has 2 aliphatic heterocycles. The summed E-state index contributed by atoms with van der Waals surface area (Å²) >= 11 is 0. The van der Waals surface area contributed by atoms with Crippen molar-refractivity contribution in [3.8, 4) is 63.2 Å². The van der Waals surface area contributed by atoms with E-state index in [0.717, 1.165) is 54.6 Å². The Morgan fingerprint density at radius 2 is 1.26 bits per heavy atom. The van der Waals surface area contributed by atoms with Crippen LogP contribution in [0, 0.1) is 5.92 Å². The second-order valence-corrected chi connectivity index (χ2v) is 13.1. The van der Waals surface area contributed by atoms with Gasteiger partial charge in [-0.2, -0.15) is 0 Å². The molecule has 17 nitrogen and oxygen atoms in total. The maximum absolute atomic E-state index is 13.9. The number of hydrogen-bond donors (Lipinski definition) is 13. The van der Waals surface area contributed by atoms with Gasteiger partial charge in [-0.25, -0.2) is 4.79 Å².